The summed E-state index contributed by atoms with van der Waals surface area (Å²) in [6, 6.07) is 9.22. The van der Waals surface area contributed by atoms with Gasteiger partial charge in [0.25, 0.3) is 0 Å². The maximum absolute atomic E-state index is 13.9. The summed E-state index contributed by atoms with van der Waals surface area (Å²) in [4.78, 5) is 38.2. The van der Waals surface area contributed by atoms with Gasteiger partial charge in [-0.1, -0.05) is 68.8 Å². The van der Waals surface area contributed by atoms with Gasteiger partial charge in [-0.15, -0.1) is 5.10 Å². The molecule has 15 nitrogen and oxygen atoms in total. The molecule has 3 N–H and O–H groups in total. The smallest absolute Gasteiger partial charge is 0.308 e. The summed E-state index contributed by atoms with van der Waals surface area (Å²) >= 11 is 0. The molecule has 0 saturated carbocycles. The summed E-state index contributed by atoms with van der Waals surface area (Å²) in [6.45, 7) is 13.9. The number of aliphatic hydroxyl groups is 3. The van der Waals surface area contributed by atoms with Crippen LogP contribution in [0.1, 0.15) is 72.9 Å². The number of likely N-dealkylation sites (N-methyl/N-ethyl adjacent to an activating group) is 1. The highest BCUT2D eigenvalue weighted by atomic mass is 16.7. The number of allylic oxidation sites excluding steroid dienone is 3. The number of carbonyl (C=O) groups is 2. The molecule has 1 saturated heterocycles. The molecule has 2 aliphatic rings. The van der Waals surface area contributed by atoms with E-state index >= 15 is 0 Å². The molecule has 3 aromatic rings. The molecule has 4 heterocycles. The Morgan fingerprint density at radius 3 is 2.44 bits per heavy atom. The lowest BCUT2D eigenvalue weighted by atomic mass is 9.79. The summed E-state index contributed by atoms with van der Waals surface area (Å²) in [5.74, 6) is -2.16. The zero-order valence-electron chi connectivity index (χ0n) is 38.4. The van der Waals surface area contributed by atoms with Gasteiger partial charge in [-0.2, -0.15) is 0 Å². The highest BCUT2D eigenvalue weighted by molar-refractivity contribution is 5.91. The Balaban J connectivity index is 1.45. The van der Waals surface area contributed by atoms with Gasteiger partial charge < -0.3 is 44.2 Å². The number of nitrogens with zero attached hydrogens (tertiary/aromatic N) is 7. The van der Waals surface area contributed by atoms with Crippen molar-refractivity contribution in [1.82, 2.24) is 34.7 Å². The van der Waals surface area contributed by atoms with Crippen LogP contribution in [0.25, 0.3) is 16.6 Å². The van der Waals surface area contributed by atoms with Crippen LogP contribution in [-0.2, 0) is 30.3 Å². The lowest BCUT2D eigenvalue weighted by Crippen LogP contribution is -2.63. The SMILES string of the molecule is CC[C@H]1OC(=O)C[C@@H](O)[C@H](C)[C@@H](O[C@@H]2O[C@H](C)[C@@H](O)[C@H](N(C)C)[C@H]2O)[C@@H](CCN(C)Cc2cn(-c3cnc4ccccc4c3)nn2)C[C@@H](C)C(=O)/C=C/C(C)=C/[C@@H]1CN(C)CC. The van der Waals surface area contributed by atoms with Crippen LogP contribution in [0.5, 0.6) is 0 Å². The van der Waals surface area contributed by atoms with Crippen molar-refractivity contribution in [2.24, 2.45) is 23.7 Å². The molecule has 342 valence electrons. The number of cyclic esters (lactones) is 1. The fourth-order valence-corrected chi connectivity index (χ4v) is 8.77. The molecule has 12 atom stereocenters. The number of aromatic nitrogens is 4. The number of ketones is 1. The van der Waals surface area contributed by atoms with Crippen LogP contribution in [0.2, 0.25) is 0 Å². The van der Waals surface area contributed by atoms with E-state index in [9.17, 15) is 24.9 Å². The predicted molar refractivity (Wildman–Crippen MR) is 238 cm³/mol. The van der Waals surface area contributed by atoms with E-state index in [1.165, 1.54) is 0 Å². The van der Waals surface area contributed by atoms with E-state index in [1.807, 2.05) is 84.4 Å². The van der Waals surface area contributed by atoms with Gasteiger partial charge in [0.1, 0.15) is 12.2 Å². The maximum atomic E-state index is 13.9. The first-order valence-corrected chi connectivity index (χ1v) is 22.2. The number of rotatable bonds is 13. The van der Waals surface area contributed by atoms with Gasteiger partial charge in [-0.3, -0.25) is 14.6 Å². The standard InChI is InChI=1S/C47H71N7O8/c1-11-41-35(26-52(9)12-2)21-29(3)17-18-39(55)30(4)22-34(19-20-53(10)27-36-28-54(50-49-36)37-23-33-15-13-14-16-38(33)48-25-37)46(31(5)40(56)24-42(57)61-41)62-47-45(59)43(51(7)8)44(58)32(6)60-47/h13-18,21,23,25,28,30-32,34-35,40-41,43-47,56,58-59H,11-12,19-20,22,24,26-27H2,1-10H3/b18-17+,29-21+/t30-,31+,32-,34+,35-,40-,41-,43+,44-,45-,46-,47+/m1/s1. The second kappa shape index (κ2) is 22.6. The Labute approximate surface area is 367 Å². The van der Waals surface area contributed by atoms with E-state index in [1.54, 1.807) is 42.9 Å². The first-order chi connectivity index (χ1) is 29.5. The van der Waals surface area contributed by atoms with Crippen LogP contribution in [0.3, 0.4) is 0 Å². The van der Waals surface area contributed by atoms with E-state index in [0.29, 0.717) is 38.9 Å². The molecule has 62 heavy (non-hydrogen) atoms. The van der Waals surface area contributed by atoms with Crippen LogP contribution >= 0.6 is 0 Å². The normalized spacial score (nSPS) is 32.3. The fourth-order valence-electron chi connectivity index (χ4n) is 8.77. The third kappa shape index (κ3) is 12.8. The molecule has 2 aromatic heterocycles. The number of para-hydroxylation sites is 1. The van der Waals surface area contributed by atoms with Gasteiger partial charge in [0.2, 0.25) is 0 Å². The zero-order valence-corrected chi connectivity index (χ0v) is 38.4. The largest absolute Gasteiger partial charge is 0.462 e. The molecule has 1 aromatic carbocycles. The van der Waals surface area contributed by atoms with Gasteiger partial charge in [-0.05, 0) is 98.5 Å². The van der Waals surface area contributed by atoms with Crippen LogP contribution in [-0.4, -0.2) is 159 Å². The Bertz CT molecular complexity index is 1970. The van der Waals surface area contributed by atoms with Crippen LogP contribution in [0, 0.1) is 23.7 Å². The molecule has 0 bridgehead atoms. The second-order valence-corrected chi connectivity index (χ2v) is 17.9. The monoisotopic (exact) mass is 862 g/mol. The van der Waals surface area contributed by atoms with E-state index in [0.717, 1.165) is 34.4 Å². The number of benzene rings is 1. The molecule has 5 rings (SSSR count). The Kier molecular flexibility index (Phi) is 17.9. The first kappa shape index (κ1) is 49.1. The van der Waals surface area contributed by atoms with Gasteiger partial charge >= 0.3 is 5.97 Å². The third-order valence-corrected chi connectivity index (χ3v) is 12.7. The molecular weight excluding hydrogens is 791 g/mol. The van der Waals surface area contributed by atoms with Gasteiger partial charge in [0.15, 0.2) is 12.1 Å². The Hall–Kier alpha value is -3.93. The summed E-state index contributed by atoms with van der Waals surface area (Å²) in [7, 11) is 7.55. The molecule has 0 spiro atoms. The predicted octanol–water partition coefficient (Wildman–Crippen LogP) is 4.42. The van der Waals surface area contributed by atoms with Gasteiger partial charge in [-0.25, -0.2) is 4.68 Å². The van der Waals surface area contributed by atoms with Crippen molar-refractivity contribution in [2.45, 2.75) is 123 Å². The quantitative estimate of drug-likeness (QED) is 0.206. The minimum absolute atomic E-state index is 0.0472. The van der Waals surface area contributed by atoms with Crippen LogP contribution < -0.4 is 0 Å². The summed E-state index contributed by atoms with van der Waals surface area (Å²) in [5.41, 5.74) is 3.33. The molecule has 0 amide bonds. The lowest BCUT2D eigenvalue weighted by Gasteiger charge is -2.46. The van der Waals surface area contributed by atoms with Crippen molar-refractivity contribution in [3.8, 4) is 5.69 Å². The van der Waals surface area contributed by atoms with E-state index in [2.05, 4.69) is 38.1 Å². The maximum Gasteiger partial charge on any atom is 0.308 e. The molecular formula is C47H71N7O8. The summed E-state index contributed by atoms with van der Waals surface area (Å²) in [5, 5.41) is 44.4. The number of hydrogen-bond donors (Lipinski definition) is 3. The van der Waals surface area contributed by atoms with Crippen molar-refractivity contribution in [2.75, 3.05) is 47.8 Å². The van der Waals surface area contributed by atoms with Gasteiger partial charge in [0.05, 0.1) is 66.2 Å². The number of carbonyl (C=O) groups excluding carboxylic acids is 2. The Morgan fingerprint density at radius 2 is 1.73 bits per heavy atom. The summed E-state index contributed by atoms with van der Waals surface area (Å²) in [6.07, 6.45) is 3.89. The Morgan fingerprint density at radius 1 is 0.984 bits per heavy atom. The number of ether oxygens (including phenoxy) is 3. The highest BCUT2D eigenvalue weighted by Crippen LogP contribution is 2.35. The topological polar surface area (TPSA) is 176 Å². The minimum Gasteiger partial charge on any atom is -0.462 e. The second-order valence-electron chi connectivity index (χ2n) is 17.9. The van der Waals surface area contributed by atoms with Gasteiger partial charge in [0, 0.05) is 36.2 Å². The van der Waals surface area contributed by atoms with E-state index in [-0.39, 0.29) is 24.0 Å². The van der Waals surface area contributed by atoms with Crippen LogP contribution in [0.4, 0.5) is 0 Å². The highest BCUT2D eigenvalue weighted by Gasteiger charge is 2.47. The third-order valence-electron chi connectivity index (χ3n) is 12.7. The average Bonchev–Trinajstić information content (AvgIpc) is 3.71. The molecule has 0 aliphatic carbocycles. The lowest BCUT2D eigenvalue weighted by molar-refractivity contribution is -0.304. The number of esters is 1. The fraction of sp³-hybridized carbons (Fsp3) is 0.638. The average molecular weight is 862 g/mol. The van der Waals surface area contributed by atoms with Crippen molar-refractivity contribution in [3.63, 3.8) is 0 Å². The molecule has 0 radical (unpaired) electrons. The number of aliphatic hydroxyl groups excluding tert-OH is 3. The molecule has 0 unspecified atom stereocenters. The van der Waals surface area contributed by atoms with E-state index < -0.39 is 66.8 Å². The van der Waals surface area contributed by atoms with E-state index in [4.69, 9.17) is 14.2 Å². The van der Waals surface area contributed by atoms with Crippen molar-refractivity contribution >= 4 is 22.7 Å². The molecule has 15 heteroatoms. The van der Waals surface area contributed by atoms with Crippen LogP contribution in [0.15, 0.2) is 66.5 Å². The molecule has 1 fully saturated rings. The zero-order chi connectivity index (χ0) is 45.2. The first-order valence-electron chi connectivity index (χ1n) is 22.2. The molecule has 2 aliphatic heterocycles. The number of pyridine rings is 1. The minimum atomic E-state index is -1.24. The number of fused-ring (bicyclic) bond motifs is 1. The number of hydrogen-bond acceptors (Lipinski definition) is 14. The van der Waals surface area contributed by atoms with Crippen molar-refractivity contribution < 1.29 is 39.1 Å². The van der Waals surface area contributed by atoms with Crippen molar-refractivity contribution in [3.05, 3.63) is 72.2 Å². The van der Waals surface area contributed by atoms with Crippen molar-refractivity contribution in [1.29, 1.82) is 0 Å². The summed E-state index contributed by atoms with van der Waals surface area (Å²) < 4.78 is 20.8.